The molecule has 0 spiro atoms. The normalized spacial score (nSPS) is 40.2. The largest absolute Gasteiger partial charge is 0.375 e. The summed E-state index contributed by atoms with van der Waals surface area (Å²) in [5.74, 6) is 1.70. The molecule has 5 aliphatic carbocycles. The molecule has 3 atom stereocenters. The highest BCUT2D eigenvalue weighted by molar-refractivity contribution is 7.66. The summed E-state index contributed by atoms with van der Waals surface area (Å²) in [6, 6.07) is 0. The number of rotatable bonds is 7. The number of hydrogen-bond donors (Lipinski definition) is 0. The summed E-state index contributed by atoms with van der Waals surface area (Å²) < 4.78 is 29.6. The van der Waals surface area contributed by atoms with Crippen LogP contribution in [0.1, 0.15) is 149 Å². The van der Waals surface area contributed by atoms with E-state index in [1.54, 1.807) is 0 Å². The molecule has 0 bridgehead atoms. The van der Waals surface area contributed by atoms with Crippen LogP contribution in [0.4, 0.5) is 0 Å². The average Bonchev–Trinajstić information content (AvgIpc) is 2.92. The fourth-order valence-electron chi connectivity index (χ4n) is 8.85. The second kappa shape index (κ2) is 13.0. The third kappa shape index (κ3) is 6.65. The lowest BCUT2D eigenvalue weighted by molar-refractivity contribution is -0.0940. The van der Waals surface area contributed by atoms with E-state index >= 15 is 4.57 Å². The zero-order chi connectivity index (χ0) is 25.0. The van der Waals surface area contributed by atoms with Gasteiger partial charge in [0.1, 0.15) is 0 Å². The maximum Gasteiger partial charge on any atom is 0.0991 e. The molecule has 0 saturated heterocycles. The molecule has 3 unspecified atom stereocenters. The first-order chi connectivity index (χ1) is 17.5. The van der Waals surface area contributed by atoms with Crippen LogP contribution in [0.25, 0.3) is 0 Å². The van der Waals surface area contributed by atoms with Crippen molar-refractivity contribution in [3.63, 3.8) is 0 Å². The highest BCUT2D eigenvalue weighted by atomic mass is 31.2. The topological polar surface area (TPSA) is 35.5 Å². The van der Waals surface area contributed by atoms with E-state index in [4.69, 9.17) is 9.47 Å². The fourth-order valence-corrected chi connectivity index (χ4v) is 14.2. The summed E-state index contributed by atoms with van der Waals surface area (Å²) >= 11 is 0. The maximum absolute atomic E-state index is 15.7. The van der Waals surface area contributed by atoms with Crippen LogP contribution < -0.4 is 0 Å². The van der Waals surface area contributed by atoms with E-state index in [1.165, 1.54) is 116 Å². The Labute approximate surface area is 223 Å². The molecular weight excluding hydrogens is 463 g/mol. The van der Waals surface area contributed by atoms with Crippen molar-refractivity contribution in [2.45, 2.75) is 190 Å². The van der Waals surface area contributed by atoms with Crippen LogP contribution in [0, 0.1) is 11.8 Å². The molecule has 208 valence electrons. The van der Waals surface area contributed by atoms with Crippen LogP contribution in [0.3, 0.4) is 0 Å². The molecule has 5 fully saturated rings. The Morgan fingerprint density at radius 3 is 1.44 bits per heavy atom. The molecule has 4 heteroatoms. The van der Waals surface area contributed by atoms with Gasteiger partial charge in [-0.05, 0) is 108 Å². The first-order valence-corrected chi connectivity index (χ1v) is 18.3. The highest BCUT2D eigenvalue weighted by Gasteiger charge is 2.52. The average molecular weight is 521 g/mol. The van der Waals surface area contributed by atoms with Crippen LogP contribution in [-0.4, -0.2) is 41.4 Å². The predicted octanol–water partition coefficient (Wildman–Crippen LogP) is 9.50. The van der Waals surface area contributed by atoms with Crippen molar-refractivity contribution in [3.05, 3.63) is 0 Å². The van der Waals surface area contributed by atoms with Crippen LogP contribution in [-0.2, 0) is 14.0 Å². The van der Waals surface area contributed by atoms with Crippen molar-refractivity contribution in [1.82, 2.24) is 0 Å². The van der Waals surface area contributed by atoms with Crippen LogP contribution in [0.2, 0.25) is 0 Å². The first-order valence-electron chi connectivity index (χ1n) is 16.4. The van der Waals surface area contributed by atoms with Gasteiger partial charge in [-0.3, -0.25) is 0 Å². The van der Waals surface area contributed by atoms with Gasteiger partial charge < -0.3 is 14.0 Å². The standard InChI is InChI=1S/C32H57O3P/c1-24-13-17-26(18-14-24)34-28-21-22-31(35-27-19-15-25(2)16-20-27)32(23-28)36(33,29-9-5-3-6-10-29)30-11-7-4-8-12-30/h24-32H,3-23H2,1-2H3. The molecule has 0 aromatic rings. The summed E-state index contributed by atoms with van der Waals surface area (Å²) in [6.07, 6.45) is 27.4. The Bertz CT molecular complexity index is 674. The molecule has 5 aliphatic rings. The van der Waals surface area contributed by atoms with Crippen molar-refractivity contribution in [1.29, 1.82) is 0 Å². The summed E-state index contributed by atoms with van der Waals surface area (Å²) in [6.45, 7) is 4.79. The lowest BCUT2D eigenvalue weighted by Crippen LogP contribution is -2.46. The van der Waals surface area contributed by atoms with Crippen molar-refractivity contribution in [2.24, 2.45) is 11.8 Å². The summed E-state index contributed by atoms with van der Waals surface area (Å²) in [5, 5.41) is 0. The van der Waals surface area contributed by atoms with E-state index < -0.39 is 7.14 Å². The van der Waals surface area contributed by atoms with Gasteiger partial charge in [0.25, 0.3) is 0 Å². The van der Waals surface area contributed by atoms with Crippen molar-refractivity contribution in [3.8, 4) is 0 Å². The Hall–Kier alpha value is 0.150. The molecule has 5 saturated carbocycles. The van der Waals surface area contributed by atoms with Gasteiger partial charge in [-0.15, -0.1) is 0 Å². The Kier molecular flexibility index (Phi) is 10.0. The SMILES string of the molecule is CC1CCC(OC2CCC(OC3CCC(C)CC3)C(P(=O)(C3CCCCC3)C3CCCCC3)C2)CC1. The van der Waals surface area contributed by atoms with E-state index in [0.29, 0.717) is 29.6 Å². The quantitative estimate of drug-likeness (QED) is 0.314. The molecule has 3 nitrogen and oxygen atoms in total. The van der Waals surface area contributed by atoms with Gasteiger partial charge in [0.2, 0.25) is 0 Å². The Morgan fingerprint density at radius 1 is 0.500 bits per heavy atom. The monoisotopic (exact) mass is 520 g/mol. The number of ether oxygens (including phenoxy) is 2. The molecule has 0 aliphatic heterocycles. The first kappa shape index (κ1) is 27.7. The van der Waals surface area contributed by atoms with Gasteiger partial charge in [-0.1, -0.05) is 52.4 Å². The van der Waals surface area contributed by atoms with Gasteiger partial charge in [-0.25, -0.2) is 0 Å². The van der Waals surface area contributed by atoms with Gasteiger partial charge in [0.15, 0.2) is 0 Å². The van der Waals surface area contributed by atoms with Gasteiger partial charge in [-0.2, -0.15) is 0 Å². The van der Waals surface area contributed by atoms with E-state index in [-0.39, 0.29) is 11.8 Å². The lowest BCUT2D eigenvalue weighted by atomic mass is 9.87. The minimum atomic E-state index is -2.39. The minimum Gasteiger partial charge on any atom is -0.375 e. The zero-order valence-corrected chi connectivity index (χ0v) is 24.6. The van der Waals surface area contributed by atoms with Gasteiger partial charge in [0, 0.05) is 17.0 Å². The van der Waals surface area contributed by atoms with Gasteiger partial charge >= 0.3 is 0 Å². The third-order valence-electron chi connectivity index (χ3n) is 11.2. The van der Waals surface area contributed by atoms with Crippen LogP contribution in [0.15, 0.2) is 0 Å². The molecule has 0 N–H and O–H groups in total. The Morgan fingerprint density at radius 2 is 0.944 bits per heavy atom. The second-order valence-corrected chi connectivity index (χ2v) is 17.6. The zero-order valence-electron chi connectivity index (χ0n) is 23.7. The smallest absolute Gasteiger partial charge is 0.0991 e. The van der Waals surface area contributed by atoms with Crippen molar-refractivity contribution in [2.75, 3.05) is 0 Å². The molecule has 0 heterocycles. The van der Waals surface area contributed by atoms with E-state index in [2.05, 4.69) is 13.8 Å². The van der Waals surface area contributed by atoms with E-state index in [9.17, 15) is 0 Å². The molecule has 0 aromatic carbocycles. The van der Waals surface area contributed by atoms with E-state index in [0.717, 1.165) is 31.1 Å². The fraction of sp³-hybridized carbons (Fsp3) is 1.00. The summed E-state index contributed by atoms with van der Waals surface area (Å²) in [7, 11) is -2.39. The van der Waals surface area contributed by atoms with Gasteiger partial charge in [0.05, 0.1) is 31.6 Å². The highest BCUT2D eigenvalue weighted by Crippen LogP contribution is 2.68. The maximum atomic E-state index is 15.7. The second-order valence-electron chi connectivity index (χ2n) is 13.9. The molecule has 0 amide bonds. The van der Waals surface area contributed by atoms with Crippen molar-refractivity contribution >= 4 is 7.14 Å². The molecule has 36 heavy (non-hydrogen) atoms. The molecule has 0 aromatic heterocycles. The summed E-state index contributed by atoms with van der Waals surface area (Å²) in [4.78, 5) is 0. The summed E-state index contributed by atoms with van der Waals surface area (Å²) in [5.41, 5.74) is 1.18. The minimum absolute atomic E-state index is 0.212. The number of hydrogen-bond acceptors (Lipinski definition) is 3. The lowest BCUT2D eigenvalue weighted by Gasteiger charge is -2.49. The molecule has 5 rings (SSSR count). The van der Waals surface area contributed by atoms with Crippen LogP contribution in [0.5, 0.6) is 0 Å². The molecular formula is C32H57O3P. The predicted molar refractivity (Wildman–Crippen MR) is 152 cm³/mol. The molecule has 0 radical (unpaired) electrons. The van der Waals surface area contributed by atoms with E-state index in [1.807, 2.05) is 0 Å². The van der Waals surface area contributed by atoms with Crippen molar-refractivity contribution < 1.29 is 14.0 Å². The third-order valence-corrected chi connectivity index (χ3v) is 16.1. The Balaban J connectivity index is 1.36. The van der Waals surface area contributed by atoms with Crippen LogP contribution >= 0.6 is 7.14 Å².